The number of hydrogen-bond donors (Lipinski definition) is 1. The number of carbonyl (C=O) groups is 1. The molecular formula is C19H18BrN3OS2. The predicted octanol–water partition coefficient (Wildman–Crippen LogP) is 4.79. The van der Waals surface area contributed by atoms with E-state index in [4.69, 9.17) is 12.2 Å². The molecule has 0 spiro atoms. The molecule has 3 rings (SSSR count). The average Bonchev–Trinajstić information content (AvgIpc) is 2.88. The van der Waals surface area contributed by atoms with E-state index in [1.165, 1.54) is 11.8 Å². The molecule has 4 nitrogen and oxygen atoms in total. The van der Waals surface area contributed by atoms with Gasteiger partial charge in [-0.05, 0) is 48.0 Å². The van der Waals surface area contributed by atoms with Gasteiger partial charge in [-0.2, -0.15) is 0 Å². The van der Waals surface area contributed by atoms with Crippen molar-refractivity contribution in [1.82, 2.24) is 4.90 Å². The van der Waals surface area contributed by atoms with E-state index in [0.717, 1.165) is 21.4 Å². The Morgan fingerprint density at radius 3 is 2.42 bits per heavy atom. The number of rotatable bonds is 5. The molecule has 0 unspecified atom stereocenters. The summed E-state index contributed by atoms with van der Waals surface area (Å²) < 4.78 is 1.58. The molecule has 1 N–H and O–H groups in total. The molecule has 134 valence electrons. The van der Waals surface area contributed by atoms with Crippen molar-refractivity contribution < 1.29 is 4.79 Å². The van der Waals surface area contributed by atoms with Gasteiger partial charge in [-0.3, -0.25) is 9.69 Å². The van der Waals surface area contributed by atoms with E-state index in [9.17, 15) is 4.79 Å². The molecule has 26 heavy (non-hydrogen) atoms. The van der Waals surface area contributed by atoms with E-state index >= 15 is 0 Å². The smallest absolute Gasteiger partial charge is 0.267 e. The fourth-order valence-electron chi connectivity index (χ4n) is 2.39. The average molecular weight is 448 g/mol. The van der Waals surface area contributed by atoms with Crippen molar-refractivity contribution >= 4 is 67.6 Å². The van der Waals surface area contributed by atoms with Crippen LogP contribution in [0, 0.1) is 0 Å². The molecule has 2 aromatic carbocycles. The number of hydrogen-bond acceptors (Lipinski definition) is 5. The van der Waals surface area contributed by atoms with E-state index in [1.807, 2.05) is 73.6 Å². The van der Waals surface area contributed by atoms with Gasteiger partial charge in [-0.1, -0.05) is 52.0 Å². The van der Waals surface area contributed by atoms with Crippen LogP contribution in [0.25, 0.3) is 6.08 Å². The van der Waals surface area contributed by atoms with Gasteiger partial charge in [0.25, 0.3) is 5.91 Å². The first-order valence-corrected chi connectivity index (χ1v) is 9.98. The van der Waals surface area contributed by atoms with E-state index in [1.54, 1.807) is 4.90 Å². The lowest BCUT2D eigenvalue weighted by Gasteiger charge is -2.16. The summed E-state index contributed by atoms with van der Waals surface area (Å²) in [5.41, 5.74) is 3.04. The Hall–Kier alpha value is -1.83. The number of nitrogens with one attached hydrogen (secondary N) is 1. The van der Waals surface area contributed by atoms with Crippen molar-refractivity contribution in [2.75, 3.05) is 31.0 Å². The predicted molar refractivity (Wildman–Crippen MR) is 118 cm³/mol. The van der Waals surface area contributed by atoms with Crippen LogP contribution in [-0.2, 0) is 4.79 Å². The first kappa shape index (κ1) is 18.9. The van der Waals surface area contributed by atoms with Crippen LogP contribution < -0.4 is 10.2 Å². The van der Waals surface area contributed by atoms with E-state index in [2.05, 4.69) is 21.2 Å². The van der Waals surface area contributed by atoms with Crippen LogP contribution >= 0.6 is 39.9 Å². The standard InChI is InChI=1S/C19H18BrN3OS2/c1-22(2)16-9-3-13(4-10-16)11-17-18(24)23(19(25)26-17)12-21-15-7-5-14(20)6-8-15/h3-11,21H,12H2,1-2H3/b17-11-. The number of nitrogens with zero attached hydrogens (tertiary/aromatic N) is 2. The number of carbonyl (C=O) groups excluding carboxylic acids is 1. The highest BCUT2D eigenvalue weighted by Crippen LogP contribution is 2.32. The highest BCUT2D eigenvalue weighted by molar-refractivity contribution is 9.10. The molecule has 0 atom stereocenters. The molecule has 7 heteroatoms. The zero-order valence-electron chi connectivity index (χ0n) is 14.4. The van der Waals surface area contributed by atoms with Crippen LogP contribution in [0.5, 0.6) is 0 Å². The Bertz CT molecular complexity index is 848. The van der Waals surface area contributed by atoms with Crippen LogP contribution in [0.4, 0.5) is 11.4 Å². The van der Waals surface area contributed by atoms with Crippen LogP contribution in [0.15, 0.2) is 57.9 Å². The molecule has 1 saturated heterocycles. The lowest BCUT2D eigenvalue weighted by molar-refractivity contribution is -0.121. The summed E-state index contributed by atoms with van der Waals surface area (Å²) in [5, 5.41) is 3.23. The molecule has 1 fully saturated rings. The maximum atomic E-state index is 12.7. The quantitative estimate of drug-likeness (QED) is 0.526. The molecular weight excluding hydrogens is 430 g/mol. The van der Waals surface area contributed by atoms with Crippen molar-refractivity contribution in [2.24, 2.45) is 0 Å². The molecule has 0 saturated carbocycles. The second-order valence-electron chi connectivity index (χ2n) is 5.94. The maximum absolute atomic E-state index is 12.7. The number of anilines is 2. The summed E-state index contributed by atoms with van der Waals surface area (Å²) >= 11 is 10.1. The molecule has 1 heterocycles. The molecule has 2 aromatic rings. The second kappa shape index (κ2) is 8.24. The van der Waals surface area contributed by atoms with Crippen molar-refractivity contribution in [2.45, 2.75) is 0 Å². The third-order valence-electron chi connectivity index (χ3n) is 3.87. The Morgan fingerprint density at radius 2 is 1.81 bits per heavy atom. The normalized spacial score (nSPS) is 15.7. The van der Waals surface area contributed by atoms with Gasteiger partial charge < -0.3 is 10.2 Å². The monoisotopic (exact) mass is 447 g/mol. The Kier molecular flexibility index (Phi) is 6.01. The van der Waals surface area contributed by atoms with Gasteiger partial charge in [0.1, 0.15) is 4.32 Å². The highest BCUT2D eigenvalue weighted by atomic mass is 79.9. The van der Waals surface area contributed by atoms with Gasteiger partial charge in [0.15, 0.2) is 0 Å². The Balaban J connectivity index is 1.68. The fraction of sp³-hybridized carbons (Fsp3) is 0.158. The first-order chi connectivity index (χ1) is 12.4. The summed E-state index contributed by atoms with van der Waals surface area (Å²) in [5.74, 6) is -0.0682. The van der Waals surface area contributed by atoms with Gasteiger partial charge in [-0.25, -0.2) is 0 Å². The number of halogens is 1. The van der Waals surface area contributed by atoms with Gasteiger partial charge >= 0.3 is 0 Å². The van der Waals surface area contributed by atoms with Gasteiger partial charge in [-0.15, -0.1) is 0 Å². The maximum Gasteiger partial charge on any atom is 0.267 e. The van der Waals surface area contributed by atoms with Crippen LogP contribution in [0.3, 0.4) is 0 Å². The zero-order valence-corrected chi connectivity index (χ0v) is 17.6. The minimum Gasteiger partial charge on any atom is -0.378 e. The first-order valence-electron chi connectivity index (χ1n) is 7.96. The topological polar surface area (TPSA) is 35.6 Å². The van der Waals surface area contributed by atoms with Crippen molar-refractivity contribution in [3.05, 3.63) is 63.5 Å². The second-order valence-corrected chi connectivity index (χ2v) is 8.53. The Morgan fingerprint density at radius 1 is 1.15 bits per heavy atom. The van der Waals surface area contributed by atoms with Crippen molar-refractivity contribution in [3.8, 4) is 0 Å². The van der Waals surface area contributed by atoms with Gasteiger partial charge in [0, 0.05) is 29.9 Å². The summed E-state index contributed by atoms with van der Waals surface area (Å²) in [6.07, 6.45) is 1.89. The highest BCUT2D eigenvalue weighted by Gasteiger charge is 2.31. The molecule has 1 aliphatic heterocycles. The minimum absolute atomic E-state index is 0.0682. The van der Waals surface area contributed by atoms with Crippen LogP contribution in [-0.4, -0.2) is 35.9 Å². The minimum atomic E-state index is -0.0682. The van der Waals surface area contributed by atoms with E-state index in [-0.39, 0.29) is 5.91 Å². The molecule has 1 amide bonds. The Labute approximate surface area is 171 Å². The number of amides is 1. The zero-order chi connectivity index (χ0) is 18.7. The van der Waals surface area contributed by atoms with E-state index < -0.39 is 0 Å². The summed E-state index contributed by atoms with van der Waals surface area (Å²) in [4.78, 5) is 16.9. The lowest BCUT2D eigenvalue weighted by Crippen LogP contribution is -2.33. The third-order valence-corrected chi connectivity index (χ3v) is 5.77. The molecule has 1 aliphatic rings. The number of benzene rings is 2. The molecule has 0 aliphatic carbocycles. The molecule has 0 radical (unpaired) electrons. The van der Waals surface area contributed by atoms with Crippen LogP contribution in [0.2, 0.25) is 0 Å². The third kappa shape index (κ3) is 4.47. The van der Waals surface area contributed by atoms with Gasteiger partial charge in [0.05, 0.1) is 11.6 Å². The fourth-order valence-corrected chi connectivity index (χ4v) is 3.91. The molecule has 0 aromatic heterocycles. The SMILES string of the molecule is CN(C)c1ccc(/C=C2\SC(=S)N(CNc3ccc(Br)cc3)C2=O)cc1. The summed E-state index contributed by atoms with van der Waals surface area (Å²) in [6.45, 7) is 0.350. The van der Waals surface area contributed by atoms with E-state index in [0.29, 0.717) is 15.9 Å². The lowest BCUT2D eigenvalue weighted by atomic mass is 10.2. The van der Waals surface area contributed by atoms with Crippen molar-refractivity contribution in [3.63, 3.8) is 0 Å². The summed E-state index contributed by atoms with van der Waals surface area (Å²) in [6, 6.07) is 15.9. The largest absolute Gasteiger partial charge is 0.378 e. The number of thiocarbonyl (C=S) groups is 1. The number of thioether (sulfide) groups is 1. The van der Waals surface area contributed by atoms with Crippen molar-refractivity contribution in [1.29, 1.82) is 0 Å². The molecule has 0 bridgehead atoms. The van der Waals surface area contributed by atoms with Gasteiger partial charge in [0.2, 0.25) is 0 Å². The van der Waals surface area contributed by atoms with Crippen LogP contribution in [0.1, 0.15) is 5.56 Å². The summed E-state index contributed by atoms with van der Waals surface area (Å²) in [7, 11) is 4.00.